The van der Waals surface area contributed by atoms with Gasteiger partial charge < -0.3 is 10.2 Å². The molecular weight excluding hydrogens is 426 g/mol. The normalized spacial score (nSPS) is 15.0. The van der Waals surface area contributed by atoms with Gasteiger partial charge in [0, 0.05) is 24.8 Å². The first-order valence-corrected chi connectivity index (χ1v) is 11.8. The van der Waals surface area contributed by atoms with Crippen LogP contribution in [0.15, 0.2) is 33.9 Å². The molecule has 1 saturated heterocycles. The maximum atomic E-state index is 13.2. The van der Waals surface area contributed by atoms with Gasteiger partial charge in [0.15, 0.2) is 10.8 Å². The Labute approximate surface area is 190 Å². The monoisotopic (exact) mass is 455 g/mol. The van der Waals surface area contributed by atoms with Crippen molar-refractivity contribution in [2.24, 2.45) is 5.92 Å². The maximum absolute atomic E-state index is 13.2. The Morgan fingerprint density at radius 3 is 2.47 bits per heavy atom. The minimum absolute atomic E-state index is 0.212. The van der Waals surface area contributed by atoms with E-state index in [9.17, 15) is 14.4 Å². The second kappa shape index (κ2) is 8.90. The first-order valence-electron chi connectivity index (χ1n) is 11.0. The Hall–Kier alpha value is -2.94. The lowest BCUT2D eigenvalue weighted by Gasteiger charge is -2.29. The van der Waals surface area contributed by atoms with Crippen LogP contribution in [0.1, 0.15) is 45.2 Å². The molecule has 1 amide bonds. The summed E-state index contributed by atoms with van der Waals surface area (Å²) in [6.07, 6.45) is 2.13. The van der Waals surface area contributed by atoms with Crippen LogP contribution in [-0.2, 0) is 11.3 Å². The molecule has 1 aromatic carbocycles. The molecule has 0 spiro atoms. The molecule has 8 nitrogen and oxygen atoms in total. The second-order valence-corrected chi connectivity index (χ2v) is 9.85. The summed E-state index contributed by atoms with van der Waals surface area (Å²) in [6, 6.07) is 7.13. The molecule has 9 heteroatoms. The zero-order valence-electron chi connectivity index (χ0n) is 18.9. The number of anilines is 2. The molecule has 0 saturated carbocycles. The van der Waals surface area contributed by atoms with Gasteiger partial charge in [0.05, 0.1) is 0 Å². The number of benzene rings is 1. The lowest BCUT2D eigenvalue weighted by Crippen LogP contribution is -2.42. The summed E-state index contributed by atoms with van der Waals surface area (Å²) < 4.78 is 2.95. The highest BCUT2D eigenvalue weighted by molar-refractivity contribution is 7.22. The molecule has 1 aliphatic rings. The van der Waals surface area contributed by atoms with Crippen molar-refractivity contribution >= 4 is 38.4 Å². The van der Waals surface area contributed by atoms with E-state index in [0.717, 1.165) is 36.6 Å². The summed E-state index contributed by atoms with van der Waals surface area (Å²) >= 11 is 1.31. The average molecular weight is 456 g/mol. The largest absolute Gasteiger partial charge is 0.348 e. The molecule has 0 atom stereocenters. The number of nitrogens with zero attached hydrogens (tertiary/aromatic N) is 4. The van der Waals surface area contributed by atoms with Gasteiger partial charge in [0.2, 0.25) is 5.91 Å². The fraction of sp³-hybridized carbons (Fsp3) is 0.478. The van der Waals surface area contributed by atoms with Crippen LogP contribution < -0.4 is 21.5 Å². The number of fused-ring (bicyclic) bond motifs is 1. The van der Waals surface area contributed by atoms with Crippen molar-refractivity contribution in [3.8, 4) is 0 Å². The number of carbonyl (C=O) groups excluding carboxylic acids is 1. The molecule has 4 rings (SSSR count). The number of aryl methyl sites for hydroxylation is 1. The highest BCUT2D eigenvalue weighted by atomic mass is 32.1. The Morgan fingerprint density at radius 1 is 1.19 bits per heavy atom. The number of amides is 1. The number of nitrogens with one attached hydrogen (secondary N) is 1. The van der Waals surface area contributed by atoms with E-state index in [-0.39, 0.29) is 29.7 Å². The summed E-state index contributed by atoms with van der Waals surface area (Å²) in [5.74, 6) is 0.329. The van der Waals surface area contributed by atoms with Crippen LogP contribution in [0.3, 0.4) is 0 Å². The van der Waals surface area contributed by atoms with Crippen LogP contribution in [-0.4, -0.2) is 33.1 Å². The predicted molar refractivity (Wildman–Crippen MR) is 129 cm³/mol. The van der Waals surface area contributed by atoms with E-state index in [4.69, 9.17) is 0 Å². The van der Waals surface area contributed by atoms with E-state index < -0.39 is 5.69 Å². The first-order chi connectivity index (χ1) is 15.2. The third-order valence-electron chi connectivity index (χ3n) is 5.91. The van der Waals surface area contributed by atoms with Crippen molar-refractivity contribution in [3.63, 3.8) is 0 Å². The van der Waals surface area contributed by atoms with E-state index >= 15 is 0 Å². The van der Waals surface area contributed by atoms with Gasteiger partial charge in [-0.3, -0.25) is 18.7 Å². The molecule has 1 N–H and O–H groups in total. The van der Waals surface area contributed by atoms with Crippen LogP contribution in [0.25, 0.3) is 10.3 Å². The third-order valence-corrected chi connectivity index (χ3v) is 7.00. The van der Waals surface area contributed by atoms with Crippen LogP contribution >= 0.6 is 11.3 Å². The molecule has 0 radical (unpaired) electrons. The van der Waals surface area contributed by atoms with Crippen LogP contribution in [0.4, 0.5) is 10.8 Å². The van der Waals surface area contributed by atoms with Crippen molar-refractivity contribution < 1.29 is 4.79 Å². The number of rotatable bonds is 5. The minimum atomic E-state index is -0.513. The minimum Gasteiger partial charge on any atom is -0.348 e. The molecule has 2 aromatic heterocycles. The smallest absolute Gasteiger partial charge is 0.333 e. The van der Waals surface area contributed by atoms with Crippen molar-refractivity contribution in [2.45, 2.75) is 53.1 Å². The molecule has 0 aliphatic carbocycles. The number of piperidine rings is 1. The zero-order valence-corrected chi connectivity index (χ0v) is 19.7. The van der Waals surface area contributed by atoms with Gasteiger partial charge in [-0.15, -0.1) is 0 Å². The Kier molecular flexibility index (Phi) is 6.19. The molecule has 1 fully saturated rings. The third kappa shape index (κ3) is 4.34. The van der Waals surface area contributed by atoms with Crippen molar-refractivity contribution in [1.82, 2.24) is 14.1 Å². The van der Waals surface area contributed by atoms with E-state index in [2.05, 4.69) is 22.1 Å². The Balaban J connectivity index is 1.74. The summed E-state index contributed by atoms with van der Waals surface area (Å²) in [6.45, 7) is 9.32. The van der Waals surface area contributed by atoms with Gasteiger partial charge in [0.1, 0.15) is 11.2 Å². The molecule has 1 aliphatic heterocycles. The Bertz CT molecular complexity index is 1250. The fourth-order valence-corrected chi connectivity index (χ4v) is 5.01. The van der Waals surface area contributed by atoms with Crippen molar-refractivity contribution in [3.05, 3.63) is 50.7 Å². The standard InChI is InChI=1S/C23H29N5O3S/c1-14(2)28-21(30)19-20(25-22(32-19)26-11-9-16(4)10-12-26)27(23(28)31)13-18(29)24-17-7-5-15(3)6-8-17/h5-8,14,16H,9-13H2,1-4H3,(H,24,29). The molecule has 3 heterocycles. The topological polar surface area (TPSA) is 89.2 Å². The van der Waals surface area contributed by atoms with Gasteiger partial charge in [-0.1, -0.05) is 36.0 Å². The average Bonchev–Trinajstić information content (AvgIpc) is 3.19. The van der Waals surface area contributed by atoms with E-state index in [1.165, 1.54) is 20.5 Å². The number of thiazole rings is 1. The second-order valence-electron chi connectivity index (χ2n) is 8.87. The number of hydrogen-bond donors (Lipinski definition) is 1. The number of aromatic nitrogens is 3. The zero-order chi connectivity index (χ0) is 23.0. The molecule has 3 aromatic rings. The quantitative estimate of drug-likeness (QED) is 0.637. The van der Waals surface area contributed by atoms with E-state index in [0.29, 0.717) is 16.3 Å². The van der Waals surface area contributed by atoms with Gasteiger partial charge >= 0.3 is 5.69 Å². The number of hydrogen-bond acceptors (Lipinski definition) is 6. The van der Waals surface area contributed by atoms with Crippen LogP contribution in [0.5, 0.6) is 0 Å². The summed E-state index contributed by atoms with van der Waals surface area (Å²) in [4.78, 5) is 45.9. The lowest BCUT2D eigenvalue weighted by molar-refractivity contribution is -0.116. The number of carbonyl (C=O) groups is 1. The SMILES string of the molecule is Cc1ccc(NC(=O)Cn2c(=O)n(C(C)C)c(=O)c3sc(N4CCC(C)CC4)nc32)cc1. The molecule has 32 heavy (non-hydrogen) atoms. The van der Waals surface area contributed by atoms with E-state index in [1.54, 1.807) is 13.8 Å². The molecule has 0 bridgehead atoms. The van der Waals surface area contributed by atoms with Crippen molar-refractivity contribution in [1.29, 1.82) is 0 Å². The molecular formula is C23H29N5O3S. The van der Waals surface area contributed by atoms with Gasteiger partial charge in [-0.2, -0.15) is 0 Å². The molecule has 0 unspecified atom stereocenters. The maximum Gasteiger partial charge on any atom is 0.333 e. The van der Waals surface area contributed by atoms with Crippen LogP contribution in [0, 0.1) is 12.8 Å². The summed E-state index contributed by atoms with van der Waals surface area (Å²) in [5, 5.41) is 3.56. The highest BCUT2D eigenvalue weighted by Crippen LogP contribution is 2.29. The van der Waals surface area contributed by atoms with E-state index in [1.807, 2.05) is 31.2 Å². The fourth-order valence-electron chi connectivity index (χ4n) is 3.95. The highest BCUT2D eigenvalue weighted by Gasteiger charge is 2.24. The first kappa shape index (κ1) is 22.3. The lowest BCUT2D eigenvalue weighted by atomic mass is 10.00. The predicted octanol–water partition coefficient (Wildman–Crippen LogP) is 3.38. The van der Waals surface area contributed by atoms with Crippen LogP contribution in [0.2, 0.25) is 0 Å². The van der Waals surface area contributed by atoms with Gasteiger partial charge in [-0.25, -0.2) is 9.78 Å². The summed E-state index contributed by atoms with van der Waals surface area (Å²) in [5.41, 5.74) is 1.18. The Morgan fingerprint density at radius 2 is 1.84 bits per heavy atom. The van der Waals surface area contributed by atoms with Crippen molar-refractivity contribution in [2.75, 3.05) is 23.3 Å². The van der Waals surface area contributed by atoms with Gasteiger partial charge in [-0.05, 0) is 51.7 Å². The molecule has 170 valence electrons. The van der Waals surface area contributed by atoms with Gasteiger partial charge in [0.25, 0.3) is 5.56 Å². The summed E-state index contributed by atoms with van der Waals surface area (Å²) in [7, 11) is 0.